The highest BCUT2D eigenvalue weighted by Crippen LogP contribution is 2.57. The summed E-state index contributed by atoms with van der Waals surface area (Å²) in [6, 6.07) is 48.0. The molecule has 7 heterocycles. The lowest BCUT2D eigenvalue weighted by atomic mass is 9.29. The minimum Gasteiger partial charge on any atom is -0.458 e. The number of para-hydroxylation sites is 3. The molecule has 0 saturated carbocycles. The van der Waals surface area contributed by atoms with Crippen LogP contribution in [-0.2, 0) is 0 Å². The smallest absolute Gasteiger partial charge is 0.256 e. The zero-order chi connectivity index (χ0) is 37.7. The Bertz CT molecular complexity index is 3380. The molecule has 0 atom stereocenters. The zero-order valence-corrected chi connectivity index (χ0v) is 31.4. The van der Waals surface area contributed by atoms with Gasteiger partial charge in [-0.25, -0.2) is 0 Å². The number of furan rings is 2. The molecule has 6 nitrogen and oxygen atoms in total. The van der Waals surface area contributed by atoms with Crippen LogP contribution in [0.25, 0.3) is 43.9 Å². The quantitative estimate of drug-likeness (QED) is 0.157. The number of fused-ring (bicyclic) bond motifs is 12. The zero-order valence-electron chi connectivity index (χ0n) is 31.4. The van der Waals surface area contributed by atoms with Crippen LogP contribution in [0.4, 0.5) is 34.1 Å². The topological polar surface area (TPSA) is 51.2 Å². The summed E-state index contributed by atoms with van der Waals surface area (Å²) in [4.78, 5) is 5.06. The summed E-state index contributed by atoms with van der Waals surface area (Å²) in [6.45, 7) is 4.25. The second kappa shape index (κ2) is 9.97. The number of hydrogen-bond acceptors (Lipinski definition) is 6. The van der Waals surface area contributed by atoms with Gasteiger partial charge in [0.2, 0.25) is 0 Å². The van der Waals surface area contributed by atoms with Crippen LogP contribution in [0.1, 0.15) is 11.1 Å². The van der Waals surface area contributed by atoms with E-state index in [0.29, 0.717) is 0 Å². The van der Waals surface area contributed by atoms with E-state index < -0.39 is 0 Å². The molecule has 10 aromatic rings. The van der Waals surface area contributed by atoms with Crippen molar-refractivity contribution >= 4 is 124 Å². The number of anilines is 6. The third-order valence-electron chi connectivity index (χ3n) is 13.3. The van der Waals surface area contributed by atoms with E-state index in [9.17, 15) is 0 Å². The molecule has 0 spiro atoms. The van der Waals surface area contributed by atoms with E-state index in [-0.39, 0.29) is 13.4 Å². The molecule has 15 rings (SSSR count). The molecular formula is C50H28B2N2O4. The van der Waals surface area contributed by atoms with Crippen LogP contribution in [0.3, 0.4) is 0 Å². The number of aryl methyl sites for hydroxylation is 2. The molecule has 0 N–H and O–H groups in total. The Morgan fingerprint density at radius 2 is 0.897 bits per heavy atom. The van der Waals surface area contributed by atoms with Crippen LogP contribution < -0.4 is 52.1 Å². The Morgan fingerprint density at radius 3 is 1.43 bits per heavy atom. The summed E-state index contributed by atoms with van der Waals surface area (Å²) in [5.74, 6) is 3.23. The molecule has 0 unspecified atom stereocenters. The average Bonchev–Trinajstić information content (AvgIpc) is 3.79. The first-order valence-corrected chi connectivity index (χ1v) is 20.0. The van der Waals surface area contributed by atoms with Crippen molar-refractivity contribution in [2.24, 2.45) is 0 Å². The molecule has 5 aliphatic rings. The third kappa shape index (κ3) is 3.47. The molecule has 0 saturated heterocycles. The standard InChI is InChI=1S/C50H28B2N2O4/c1-25-16-34-48-36(18-25)53(27-10-4-3-5-11-27)37-19-26(2)17-35-49(37)54(48)50-46-44(57-42-22-40-30(20-32(42)51(34)46)28-12-6-8-14-38(28)55-40)24-45-47(50)52(35)33-21-31-29-13-7-9-15-39(29)56-41(31)23-43(33)58-45/h3-24H,1-2H3. The molecule has 0 radical (unpaired) electrons. The van der Waals surface area contributed by atoms with E-state index in [1.54, 1.807) is 0 Å². The van der Waals surface area contributed by atoms with Gasteiger partial charge in [0, 0.05) is 51.1 Å². The molecule has 268 valence electrons. The molecule has 0 amide bonds. The van der Waals surface area contributed by atoms with E-state index in [0.717, 1.165) is 89.2 Å². The lowest BCUT2D eigenvalue weighted by Gasteiger charge is -2.52. The van der Waals surface area contributed by atoms with Crippen molar-refractivity contribution in [2.45, 2.75) is 13.8 Å². The molecule has 8 heteroatoms. The highest BCUT2D eigenvalue weighted by molar-refractivity contribution is 7.04. The maximum atomic E-state index is 7.09. The SMILES string of the molecule is Cc1cc2c3c(c1)N(c1ccccc1)c1cc(C)cc4c1N3c1c3c(cc5c1B4c1cc4c(cc1O5)oc1ccccc14)Oc1cc4oc5ccccc5c4cc1B23. The van der Waals surface area contributed by atoms with E-state index in [1.807, 2.05) is 24.3 Å². The summed E-state index contributed by atoms with van der Waals surface area (Å²) >= 11 is 0. The number of benzene rings is 8. The molecular weight excluding hydrogens is 714 g/mol. The first kappa shape index (κ1) is 29.9. The Kier molecular flexibility index (Phi) is 5.14. The minimum atomic E-state index is -0.101. The lowest BCUT2D eigenvalue weighted by molar-refractivity contribution is 0.465. The van der Waals surface area contributed by atoms with Crippen molar-refractivity contribution in [1.82, 2.24) is 0 Å². The maximum Gasteiger partial charge on any atom is 0.256 e. The summed E-state index contributed by atoms with van der Waals surface area (Å²) in [7, 11) is 0. The first-order valence-electron chi connectivity index (χ1n) is 20.0. The van der Waals surface area contributed by atoms with Crippen molar-refractivity contribution in [3.05, 3.63) is 145 Å². The fourth-order valence-corrected chi connectivity index (χ4v) is 11.1. The Labute approximate surface area is 332 Å². The van der Waals surface area contributed by atoms with Gasteiger partial charge in [0.15, 0.2) is 0 Å². The van der Waals surface area contributed by atoms with Crippen molar-refractivity contribution in [1.29, 1.82) is 0 Å². The molecule has 2 aromatic heterocycles. The Morgan fingerprint density at radius 1 is 0.397 bits per heavy atom. The molecule has 0 fully saturated rings. The highest BCUT2D eigenvalue weighted by atomic mass is 16.5. The third-order valence-corrected chi connectivity index (χ3v) is 13.3. The molecule has 8 aromatic carbocycles. The second-order valence-corrected chi connectivity index (χ2v) is 16.5. The number of rotatable bonds is 1. The van der Waals surface area contributed by atoms with Crippen molar-refractivity contribution in [3.8, 4) is 23.0 Å². The fourth-order valence-electron chi connectivity index (χ4n) is 11.1. The van der Waals surface area contributed by atoms with Gasteiger partial charge >= 0.3 is 0 Å². The first-order chi connectivity index (χ1) is 28.6. The normalized spacial score (nSPS) is 14.5. The number of nitrogens with zero attached hydrogens (tertiary/aromatic N) is 2. The van der Waals surface area contributed by atoms with E-state index in [4.69, 9.17) is 18.3 Å². The summed E-state index contributed by atoms with van der Waals surface area (Å²) in [6.07, 6.45) is 0. The van der Waals surface area contributed by atoms with Crippen LogP contribution in [0.2, 0.25) is 0 Å². The van der Waals surface area contributed by atoms with Gasteiger partial charge in [-0.1, -0.05) is 78.9 Å². The largest absolute Gasteiger partial charge is 0.458 e. The van der Waals surface area contributed by atoms with Crippen molar-refractivity contribution in [3.63, 3.8) is 0 Å². The molecule has 0 bridgehead atoms. The monoisotopic (exact) mass is 742 g/mol. The van der Waals surface area contributed by atoms with Gasteiger partial charge in [0.05, 0.1) is 22.7 Å². The van der Waals surface area contributed by atoms with E-state index in [2.05, 4.69) is 133 Å². The van der Waals surface area contributed by atoms with Crippen LogP contribution in [0.15, 0.2) is 142 Å². The lowest BCUT2D eigenvalue weighted by Crippen LogP contribution is -2.67. The van der Waals surface area contributed by atoms with Gasteiger partial charge in [0.25, 0.3) is 13.4 Å². The van der Waals surface area contributed by atoms with Gasteiger partial charge in [-0.2, -0.15) is 0 Å². The van der Waals surface area contributed by atoms with Gasteiger partial charge in [-0.15, -0.1) is 0 Å². The van der Waals surface area contributed by atoms with Gasteiger partial charge in [-0.05, 0) is 94.1 Å². The van der Waals surface area contributed by atoms with Crippen LogP contribution >= 0.6 is 0 Å². The highest BCUT2D eigenvalue weighted by Gasteiger charge is 2.54. The summed E-state index contributed by atoms with van der Waals surface area (Å²) < 4.78 is 27.1. The van der Waals surface area contributed by atoms with Crippen molar-refractivity contribution < 1.29 is 18.3 Å². The van der Waals surface area contributed by atoms with Crippen LogP contribution in [0.5, 0.6) is 23.0 Å². The second-order valence-electron chi connectivity index (χ2n) is 16.5. The molecule has 58 heavy (non-hydrogen) atoms. The van der Waals surface area contributed by atoms with Gasteiger partial charge in [0.1, 0.15) is 45.3 Å². The average molecular weight is 742 g/mol. The summed E-state index contributed by atoms with van der Waals surface area (Å²) in [5, 5.41) is 4.40. The molecule has 0 aliphatic carbocycles. The van der Waals surface area contributed by atoms with Gasteiger partial charge in [-0.3, -0.25) is 0 Å². The Hall–Kier alpha value is -7.31. The maximum absolute atomic E-state index is 7.09. The van der Waals surface area contributed by atoms with Crippen LogP contribution in [-0.4, -0.2) is 13.4 Å². The number of hydrogen-bond donors (Lipinski definition) is 0. The molecule has 5 aliphatic heterocycles. The van der Waals surface area contributed by atoms with E-state index in [1.165, 1.54) is 55.7 Å². The van der Waals surface area contributed by atoms with E-state index >= 15 is 0 Å². The number of ether oxygens (including phenoxy) is 2. The van der Waals surface area contributed by atoms with Crippen molar-refractivity contribution in [2.75, 3.05) is 9.80 Å². The predicted octanol–water partition coefficient (Wildman–Crippen LogP) is 9.23. The van der Waals surface area contributed by atoms with Gasteiger partial charge < -0.3 is 28.1 Å². The van der Waals surface area contributed by atoms with Crippen LogP contribution in [0, 0.1) is 13.8 Å². The fraction of sp³-hybridized carbons (Fsp3) is 0.0400. The minimum absolute atomic E-state index is 0.101. The Balaban J connectivity index is 1.11. The summed E-state index contributed by atoms with van der Waals surface area (Å²) in [5.41, 5.74) is 20.0. The predicted molar refractivity (Wildman–Crippen MR) is 236 cm³/mol.